The molecule has 0 aromatic carbocycles. The van der Waals surface area contributed by atoms with Crippen LogP contribution in [0.4, 0.5) is 5.82 Å². The van der Waals surface area contributed by atoms with E-state index in [-0.39, 0.29) is 12.5 Å². The molecule has 1 aliphatic heterocycles. The summed E-state index contributed by atoms with van der Waals surface area (Å²) in [4.78, 5) is 17.4. The lowest BCUT2D eigenvalue weighted by Gasteiger charge is -2.28. The molecule has 16 heavy (non-hydrogen) atoms. The Morgan fingerprint density at radius 3 is 3.06 bits per heavy atom. The first-order valence-corrected chi connectivity index (χ1v) is 5.10. The van der Waals surface area contributed by atoms with Crippen molar-refractivity contribution in [2.45, 2.75) is 6.92 Å². The van der Waals surface area contributed by atoms with Gasteiger partial charge in [-0.05, 0) is 19.1 Å². The Labute approximate surface area is 93.7 Å². The van der Waals surface area contributed by atoms with E-state index in [9.17, 15) is 4.79 Å². The van der Waals surface area contributed by atoms with Gasteiger partial charge in [0.25, 0.3) is 0 Å². The highest BCUT2D eigenvalue weighted by Crippen LogP contribution is 2.18. The lowest BCUT2D eigenvalue weighted by atomic mass is 10.2. The van der Waals surface area contributed by atoms with E-state index >= 15 is 0 Å². The van der Waals surface area contributed by atoms with Gasteiger partial charge in [0, 0.05) is 18.8 Å². The third-order valence-electron chi connectivity index (χ3n) is 2.47. The lowest BCUT2D eigenvalue weighted by molar-refractivity contribution is -0.120. The van der Waals surface area contributed by atoms with E-state index in [4.69, 9.17) is 5.26 Å². The molecule has 0 saturated carbocycles. The highest BCUT2D eigenvalue weighted by Gasteiger charge is 2.20. The van der Waals surface area contributed by atoms with Crippen molar-refractivity contribution in [2.24, 2.45) is 0 Å². The molecule has 2 heterocycles. The Kier molecular flexibility index (Phi) is 2.73. The second-order valence-electron chi connectivity index (χ2n) is 3.71. The minimum atomic E-state index is -0.0292. The number of pyridine rings is 1. The number of rotatable bonds is 1. The van der Waals surface area contributed by atoms with E-state index in [2.05, 4.69) is 16.4 Å². The minimum Gasteiger partial charge on any atom is -0.353 e. The van der Waals surface area contributed by atoms with Crippen molar-refractivity contribution in [1.29, 1.82) is 5.26 Å². The van der Waals surface area contributed by atoms with Crippen molar-refractivity contribution < 1.29 is 4.79 Å². The third-order valence-corrected chi connectivity index (χ3v) is 2.47. The predicted octanol–water partition coefficient (Wildman–Crippen LogP) is 0.198. The summed E-state index contributed by atoms with van der Waals surface area (Å²) >= 11 is 0. The molecule has 1 amide bonds. The topological polar surface area (TPSA) is 69.0 Å². The van der Waals surface area contributed by atoms with Crippen LogP contribution >= 0.6 is 0 Å². The molecule has 5 nitrogen and oxygen atoms in total. The van der Waals surface area contributed by atoms with Gasteiger partial charge >= 0.3 is 0 Å². The molecule has 0 atom stereocenters. The van der Waals surface area contributed by atoms with Gasteiger partial charge in [-0.25, -0.2) is 4.98 Å². The molecule has 82 valence electrons. The molecule has 1 aromatic rings. The smallest absolute Gasteiger partial charge is 0.239 e. The van der Waals surface area contributed by atoms with E-state index in [1.165, 1.54) is 0 Å². The van der Waals surface area contributed by atoms with E-state index in [1.54, 1.807) is 12.1 Å². The molecule has 1 saturated heterocycles. The summed E-state index contributed by atoms with van der Waals surface area (Å²) in [6.07, 6.45) is 0. The number of aromatic nitrogens is 1. The fourth-order valence-corrected chi connectivity index (χ4v) is 1.69. The molecule has 0 aliphatic carbocycles. The molecule has 0 spiro atoms. The minimum absolute atomic E-state index is 0.0292. The SMILES string of the molecule is Cc1ccc(C#N)c(N2CCNC(=O)C2)n1. The van der Waals surface area contributed by atoms with Crippen molar-refractivity contribution in [3.63, 3.8) is 0 Å². The van der Waals surface area contributed by atoms with Crippen LogP contribution in [0.5, 0.6) is 0 Å². The highest BCUT2D eigenvalue weighted by atomic mass is 16.2. The molecule has 1 fully saturated rings. The quantitative estimate of drug-likeness (QED) is 0.728. The fourth-order valence-electron chi connectivity index (χ4n) is 1.69. The number of carbonyl (C=O) groups excluding carboxylic acids is 1. The van der Waals surface area contributed by atoms with Crippen molar-refractivity contribution in [2.75, 3.05) is 24.5 Å². The van der Waals surface area contributed by atoms with Crippen LogP contribution in [0, 0.1) is 18.3 Å². The summed E-state index contributed by atoms with van der Waals surface area (Å²) in [7, 11) is 0. The van der Waals surface area contributed by atoms with Gasteiger partial charge in [-0.2, -0.15) is 5.26 Å². The van der Waals surface area contributed by atoms with E-state index in [1.807, 2.05) is 11.8 Å². The molecule has 0 unspecified atom stereocenters. The molecule has 1 N–H and O–H groups in total. The van der Waals surface area contributed by atoms with Crippen LogP contribution in [0.2, 0.25) is 0 Å². The van der Waals surface area contributed by atoms with Gasteiger partial charge in [0.1, 0.15) is 11.9 Å². The van der Waals surface area contributed by atoms with Crippen molar-refractivity contribution in [3.8, 4) is 6.07 Å². The van der Waals surface area contributed by atoms with Crippen LogP contribution in [0.15, 0.2) is 12.1 Å². The maximum atomic E-state index is 11.3. The summed E-state index contributed by atoms with van der Waals surface area (Å²) in [5, 5.41) is 11.7. The Hall–Kier alpha value is -2.09. The second kappa shape index (κ2) is 4.19. The monoisotopic (exact) mass is 216 g/mol. The third kappa shape index (κ3) is 1.96. The summed E-state index contributed by atoms with van der Waals surface area (Å²) in [5.74, 6) is 0.579. The Morgan fingerprint density at radius 2 is 2.38 bits per heavy atom. The van der Waals surface area contributed by atoms with Gasteiger partial charge in [0.2, 0.25) is 5.91 Å². The number of hydrogen-bond acceptors (Lipinski definition) is 4. The molecular weight excluding hydrogens is 204 g/mol. The number of anilines is 1. The second-order valence-corrected chi connectivity index (χ2v) is 3.71. The number of nitrogens with zero attached hydrogens (tertiary/aromatic N) is 3. The van der Waals surface area contributed by atoms with E-state index < -0.39 is 0 Å². The van der Waals surface area contributed by atoms with Crippen LogP contribution in [0.25, 0.3) is 0 Å². The number of aryl methyl sites for hydroxylation is 1. The van der Waals surface area contributed by atoms with Gasteiger partial charge in [0.15, 0.2) is 0 Å². The number of hydrogen-bond donors (Lipinski definition) is 1. The zero-order valence-electron chi connectivity index (χ0n) is 9.03. The highest BCUT2D eigenvalue weighted by molar-refractivity contribution is 5.82. The molecule has 2 rings (SSSR count). The summed E-state index contributed by atoms with van der Waals surface area (Å²) in [6, 6.07) is 5.64. The van der Waals surface area contributed by atoms with Crippen LogP contribution in [0.1, 0.15) is 11.3 Å². The molecular formula is C11H12N4O. The number of nitriles is 1. The normalized spacial score (nSPS) is 15.5. The van der Waals surface area contributed by atoms with Crippen molar-refractivity contribution in [1.82, 2.24) is 10.3 Å². The zero-order chi connectivity index (χ0) is 11.5. The number of amides is 1. The standard InChI is InChI=1S/C11H12N4O/c1-8-2-3-9(6-12)11(14-8)15-5-4-13-10(16)7-15/h2-3H,4-5,7H2,1H3,(H,13,16). The summed E-state index contributed by atoms with van der Waals surface area (Å²) in [6.45, 7) is 3.43. The van der Waals surface area contributed by atoms with Crippen LogP contribution < -0.4 is 10.2 Å². The van der Waals surface area contributed by atoms with E-state index in [0.29, 0.717) is 24.5 Å². The van der Waals surface area contributed by atoms with Crippen LogP contribution in [-0.4, -0.2) is 30.5 Å². The molecule has 1 aliphatic rings. The van der Waals surface area contributed by atoms with Crippen molar-refractivity contribution >= 4 is 11.7 Å². The number of piperazine rings is 1. The van der Waals surface area contributed by atoms with Gasteiger partial charge in [-0.15, -0.1) is 0 Å². The van der Waals surface area contributed by atoms with Crippen LogP contribution in [0.3, 0.4) is 0 Å². The molecule has 0 bridgehead atoms. The van der Waals surface area contributed by atoms with E-state index in [0.717, 1.165) is 5.69 Å². The summed E-state index contributed by atoms with van der Waals surface area (Å²) < 4.78 is 0. The summed E-state index contributed by atoms with van der Waals surface area (Å²) in [5.41, 5.74) is 1.36. The first kappa shape index (κ1) is 10.4. The largest absolute Gasteiger partial charge is 0.353 e. The number of carbonyl (C=O) groups is 1. The molecule has 1 aromatic heterocycles. The Morgan fingerprint density at radius 1 is 1.56 bits per heavy atom. The lowest BCUT2D eigenvalue weighted by Crippen LogP contribution is -2.48. The van der Waals surface area contributed by atoms with Crippen molar-refractivity contribution in [3.05, 3.63) is 23.4 Å². The maximum absolute atomic E-state index is 11.3. The zero-order valence-corrected chi connectivity index (χ0v) is 9.03. The maximum Gasteiger partial charge on any atom is 0.239 e. The molecule has 0 radical (unpaired) electrons. The van der Waals surface area contributed by atoms with Gasteiger partial charge in [-0.1, -0.05) is 0 Å². The Bertz CT molecular complexity index is 464. The first-order valence-electron chi connectivity index (χ1n) is 5.10. The average molecular weight is 216 g/mol. The molecule has 5 heteroatoms. The van der Waals surface area contributed by atoms with Crippen LogP contribution in [-0.2, 0) is 4.79 Å². The van der Waals surface area contributed by atoms with Gasteiger partial charge < -0.3 is 10.2 Å². The average Bonchev–Trinajstić information content (AvgIpc) is 2.29. The fraction of sp³-hybridized carbons (Fsp3) is 0.364. The predicted molar refractivity (Wildman–Crippen MR) is 58.9 cm³/mol. The van der Waals surface area contributed by atoms with Gasteiger partial charge in [0.05, 0.1) is 12.1 Å². The number of nitrogens with one attached hydrogen (secondary N) is 1. The first-order chi connectivity index (χ1) is 7.70. The van der Waals surface area contributed by atoms with Gasteiger partial charge in [-0.3, -0.25) is 4.79 Å². The Balaban J connectivity index is 2.35.